The second-order valence-electron chi connectivity index (χ2n) is 4.82. The summed E-state index contributed by atoms with van der Waals surface area (Å²) in [5.41, 5.74) is 5.99. The van der Waals surface area contributed by atoms with E-state index in [0.29, 0.717) is 41.3 Å². The molecule has 1 heterocycles. The van der Waals surface area contributed by atoms with Crippen molar-refractivity contribution in [3.05, 3.63) is 29.0 Å². The molecule has 1 aromatic heterocycles. The molecule has 0 fully saturated rings. The summed E-state index contributed by atoms with van der Waals surface area (Å²) in [6, 6.07) is 5.17. The van der Waals surface area contributed by atoms with Gasteiger partial charge in [-0.25, -0.2) is 0 Å². The van der Waals surface area contributed by atoms with Crippen LogP contribution in [0.3, 0.4) is 0 Å². The van der Waals surface area contributed by atoms with Crippen LogP contribution in [0.15, 0.2) is 22.7 Å². The summed E-state index contributed by atoms with van der Waals surface area (Å²) < 4.78 is 15.9. The molecule has 1 atom stereocenters. The van der Waals surface area contributed by atoms with Gasteiger partial charge in [0.1, 0.15) is 11.3 Å². The Morgan fingerprint density at radius 2 is 2.19 bits per heavy atom. The zero-order chi connectivity index (χ0) is 15.5. The van der Waals surface area contributed by atoms with E-state index in [9.17, 15) is 0 Å². The third-order valence-electron chi connectivity index (χ3n) is 2.94. The van der Waals surface area contributed by atoms with Gasteiger partial charge in [0.25, 0.3) is 5.89 Å². The lowest BCUT2D eigenvalue weighted by Gasteiger charge is -2.19. The monoisotopic (exact) mass is 311 g/mol. The first-order chi connectivity index (χ1) is 9.97. The van der Waals surface area contributed by atoms with Crippen LogP contribution < -0.4 is 10.5 Å². The van der Waals surface area contributed by atoms with E-state index < -0.39 is 5.54 Å². The topological polar surface area (TPSA) is 83.4 Å². The summed E-state index contributed by atoms with van der Waals surface area (Å²) in [7, 11) is 1.55. The van der Waals surface area contributed by atoms with E-state index in [-0.39, 0.29) is 0 Å². The van der Waals surface area contributed by atoms with Crippen LogP contribution in [0.25, 0.3) is 11.5 Å². The molecule has 0 bridgehead atoms. The molecule has 2 rings (SSSR count). The quantitative estimate of drug-likeness (QED) is 0.883. The molecule has 0 aliphatic heterocycles. The number of halogens is 1. The van der Waals surface area contributed by atoms with Crippen molar-refractivity contribution in [2.75, 3.05) is 20.3 Å². The van der Waals surface area contributed by atoms with Crippen LogP contribution >= 0.6 is 11.6 Å². The van der Waals surface area contributed by atoms with Gasteiger partial charge in [0.05, 0.1) is 19.3 Å². The van der Waals surface area contributed by atoms with Crippen molar-refractivity contribution >= 4 is 11.6 Å². The summed E-state index contributed by atoms with van der Waals surface area (Å²) in [5.74, 6) is 1.26. The fraction of sp³-hybridized carbons (Fsp3) is 0.429. The molecule has 0 saturated carbocycles. The van der Waals surface area contributed by atoms with Crippen molar-refractivity contribution in [3.63, 3.8) is 0 Å². The Labute approximate surface area is 128 Å². The average molecular weight is 312 g/mol. The summed E-state index contributed by atoms with van der Waals surface area (Å²) in [4.78, 5) is 4.34. The Morgan fingerprint density at radius 1 is 1.43 bits per heavy atom. The smallest absolute Gasteiger partial charge is 0.261 e. The third kappa shape index (κ3) is 3.53. The van der Waals surface area contributed by atoms with Gasteiger partial charge in [0.2, 0.25) is 0 Å². The van der Waals surface area contributed by atoms with Crippen molar-refractivity contribution in [1.29, 1.82) is 0 Å². The standard InChI is InChI=1S/C14H18ClN3O3/c1-4-20-8-14(2,16)13-17-12(21-18-13)10-6-5-9(15)7-11(10)19-3/h5-7H,4,8,16H2,1-3H3. The third-order valence-corrected chi connectivity index (χ3v) is 3.17. The number of aromatic nitrogens is 2. The molecule has 0 aliphatic carbocycles. The largest absolute Gasteiger partial charge is 0.496 e. The highest BCUT2D eigenvalue weighted by molar-refractivity contribution is 6.30. The lowest BCUT2D eigenvalue weighted by molar-refractivity contribution is 0.0962. The SMILES string of the molecule is CCOCC(C)(N)c1noc(-c2ccc(Cl)cc2OC)n1. The van der Waals surface area contributed by atoms with E-state index in [0.717, 1.165) is 0 Å². The van der Waals surface area contributed by atoms with E-state index in [4.69, 9.17) is 31.3 Å². The molecule has 21 heavy (non-hydrogen) atoms. The normalized spacial score (nSPS) is 14.0. The molecule has 6 nitrogen and oxygen atoms in total. The summed E-state index contributed by atoms with van der Waals surface area (Å²) >= 11 is 5.93. The fourth-order valence-corrected chi connectivity index (χ4v) is 1.95. The second-order valence-corrected chi connectivity index (χ2v) is 5.26. The van der Waals surface area contributed by atoms with Crippen LogP contribution in [0.4, 0.5) is 0 Å². The van der Waals surface area contributed by atoms with Crippen molar-refractivity contribution < 1.29 is 14.0 Å². The van der Waals surface area contributed by atoms with Gasteiger partial charge in [-0.3, -0.25) is 0 Å². The molecule has 7 heteroatoms. The molecule has 0 radical (unpaired) electrons. The average Bonchev–Trinajstić information content (AvgIpc) is 2.95. The number of ether oxygens (including phenoxy) is 2. The predicted octanol–water partition coefficient (Wildman–Crippen LogP) is 2.61. The van der Waals surface area contributed by atoms with E-state index >= 15 is 0 Å². The summed E-state index contributed by atoms with van der Waals surface area (Å²) in [5, 5.41) is 4.50. The molecular formula is C14H18ClN3O3. The number of rotatable bonds is 6. The minimum Gasteiger partial charge on any atom is -0.496 e. The van der Waals surface area contributed by atoms with Gasteiger partial charge in [-0.1, -0.05) is 16.8 Å². The number of hydrogen-bond acceptors (Lipinski definition) is 6. The minimum atomic E-state index is -0.822. The van der Waals surface area contributed by atoms with Crippen LogP contribution in [0.5, 0.6) is 5.75 Å². The first-order valence-electron chi connectivity index (χ1n) is 6.52. The van der Waals surface area contributed by atoms with Crippen molar-refractivity contribution in [3.8, 4) is 17.2 Å². The van der Waals surface area contributed by atoms with Gasteiger partial charge in [0.15, 0.2) is 5.82 Å². The number of benzene rings is 1. The van der Waals surface area contributed by atoms with Crippen LogP contribution in [0.1, 0.15) is 19.7 Å². The van der Waals surface area contributed by atoms with Crippen LogP contribution in [0.2, 0.25) is 5.02 Å². The van der Waals surface area contributed by atoms with Crippen LogP contribution in [0, 0.1) is 0 Å². The Kier molecular flexibility index (Phi) is 4.82. The van der Waals surface area contributed by atoms with Crippen LogP contribution in [-0.2, 0) is 10.3 Å². The Hall–Kier alpha value is -1.63. The lowest BCUT2D eigenvalue weighted by Crippen LogP contribution is -2.39. The number of hydrogen-bond donors (Lipinski definition) is 1. The fourth-order valence-electron chi connectivity index (χ4n) is 1.79. The van der Waals surface area contributed by atoms with Crippen LogP contribution in [-0.4, -0.2) is 30.5 Å². The van der Waals surface area contributed by atoms with E-state index in [2.05, 4.69) is 10.1 Å². The highest BCUT2D eigenvalue weighted by Crippen LogP contribution is 2.32. The molecule has 0 spiro atoms. The van der Waals surface area contributed by atoms with E-state index in [1.54, 1.807) is 32.2 Å². The molecule has 0 amide bonds. The number of methoxy groups -OCH3 is 1. The highest BCUT2D eigenvalue weighted by Gasteiger charge is 2.28. The first-order valence-corrected chi connectivity index (χ1v) is 6.90. The summed E-state index contributed by atoms with van der Waals surface area (Å²) in [6.45, 7) is 4.56. The van der Waals surface area contributed by atoms with E-state index in [1.165, 1.54) is 0 Å². The van der Waals surface area contributed by atoms with Gasteiger partial charge < -0.3 is 19.7 Å². The van der Waals surface area contributed by atoms with Crippen molar-refractivity contribution in [2.45, 2.75) is 19.4 Å². The summed E-state index contributed by atoms with van der Waals surface area (Å²) in [6.07, 6.45) is 0. The molecule has 2 aromatic rings. The maximum absolute atomic E-state index is 6.15. The molecule has 1 unspecified atom stereocenters. The van der Waals surface area contributed by atoms with Gasteiger partial charge >= 0.3 is 0 Å². The van der Waals surface area contributed by atoms with Crippen molar-refractivity contribution in [1.82, 2.24) is 10.1 Å². The van der Waals surface area contributed by atoms with Gasteiger partial charge in [-0.2, -0.15) is 4.98 Å². The van der Waals surface area contributed by atoms with E-state index in [1.807, 2.05) is 6.92 Å². The molecular weight excluding hydrogens is 294 g/mol. The second kappa shape index (κ2) is 6.43. The lowest BCUT2D eigenvalue weighted by atomic mass is 10.1. The molecule has 2 N–H and O–H groups in total. The van der Waals surface area contributed by atoms with Gasteiger partial charge in [-0.05, 0) is 32.0 Å². The highest BCUT2D eigenvalue weighted by atomic mass is 35.5. The molecule has 0 saturated heterocycles. The number of nitrogens with zero attached hydrogens (tertiary/aromatic N) is 2. The first kappa shape index (κ1) is 15.8. The Balaban J connectivity index is 2.32. The van der Waals surface area contributed by atoms with Gasteiger partial charge in [-0.15, -0.1) is 0 Å². The maximum atomic E-state index is 6.15. The Morgan fingerprint density at radius 3 is 2.86 bits per heavy atom. The molecule has 0 aliphatic rings. The predicted molar refractivity (Wildman–Crippen MR) is 79.3 cm³/mol. The molecule has 114 valence electrons. The zero-order valence-electron chi connectivity index (χ0n) is 12.2. The maximum Gasteiger partial charge on any atom is 0.261 e. The van der Waals surface area contributed by atoms with Gasteiger partial charge in [0, 0.05) is 11.6 Å². The Bertz CT molecular complexity index is 613. The zero-order valence-corrected chi connectivity index (χ0v) is 13.0. The van der Waals surface area contributed by atoms with Crippen molar-refractivity contribution in [2.24, 2.45) is 5.73 Å². The molecule has 1 aromatic carbocycles. The number of nitrogens with two attached hydrogens (primary N) is 1. The minimum absolute atomic E-state index is 0.306.